The molecule has 4 amide bonds. The van der Waals surface area contributed by atoms with Crippen LogP contribution in [0.4, 0.5) is 0 Å². The van der Waals surface area contributed by atoms with Crippen LogP contribution in [0.3, 0.4) is 0 Å². The van der Waals surface area contributed by atoms with Gasteiger partial charge in [-0.05, 0) is 77.3 Å². The number of carbonyl (C=O) groups excluding carboxylic acids is 4. The highest BCUT2D eigenvalue weighted by Gasteiger charge is 2.63. The van der Waals surface area contributed by atoms with Crippen LogP contribution in [0, 0.1) is 19.8 Å². The molecule has 2 saturated carbocycles. The van der Waals surface area contributed by atoms with Gasteiger partial charge in [0.25, 0.3) is 11.8 Å². The molecule has 1 aromatic carbocycles. The molecule has 62 heavy (non-hydrogen) atoms. The smallest absolute Gasteiger partial charge is 0.274 e. The predicted octanol–water partition coefficient (Wildman–Crippen LogP) is 5.64. The van der Waals surface area contributed by atoms with Crippen LogP contribution in [0.5, 0.6) is 11.5 Å². The Kier molecular flexibility index (Phi) is 11.7. The van der Waals surface area contributed by atoms with Gasteiger partial charge in [0.15, 0.2) is 5.69 Å². The summed E-state index contributed by atoms with van der Waals surface area (Å²) in [6.45, 7) is 9.27. The third-order valence-corrected chi connectivity index (χ3v) is 15.7. The van der Waals surface area contributed by atoms with Gasteiger partial charge in [0.1, 0.15) is 51.7 Å². The molecule has 18 heteroatoms. The van der Waals surface area contributed by atoms with Crippen LogP contribution < -0.4 is 24.8 Å². The normalized spacial score (nSPS) is 25.5. The van der Waals surface area contributed by atoms with Crippen molar-refractivity contribution in [2.24, 2.45) is 5.92 Å². The predicted molar refractivity (Wildman–Crippen MR) is 231 cm³/mol. The molecule has 0 unspecified atom stereocenters. The first kappa shape index (κ1) is 43.3. The topological polar surface area (TPSA) is 212 Å². The Labute approximate surface area is 364 Å². The van der Waals surface area contributed by atoms with Crippen LogP contribution in [0.2, 0.25) is 0 Å². The summed E-state index contributed by atoms with van der Waals surface area (Å²) in [4.78, 5) is 68.3. The average molecular weight is 888 g/mol. The van der Waals surface area contributed by atoms with Gasteiger partial charge < -0.3 is 29.5 Å². The number of aromatic nitrogens is 3. The first-order chi connectivity index (χ1) is 29.5. The van der Waals surface area contributed by atoms with Gasteiger partial charge in [-0.15, -0.1) is 11.3 Å². The molecule has 3 fully saturated rings. The number of hydrogen-bond acceptors (Lipinski definition) is 13. The zero-order valence-electron chi connectivity index (χ0n) is 35.8. The molecule has 2 aliphatic carbocycles. The standard InChI is InChI=1S/C44H53N7O9S2/c1-24(2)33-23-61-40(47-33)32-20-36(29-14-15-35(58-6)26(4)37(29)45-32)59-28-19-34-39(53)48-44(42(55)50-62(56,57)43(5)16-17-43)21-27(44)12-10-8-7-9-11-13-30(41(54)51(34)22-28)46-38(52)31-18-25(3)60-49-31/h10,12,14-15,18,20,23-24,27-28,30,34H,7-9,11,13,16-17,19,21-22H2,1-6H3,(H,46,52)(H,48,53)(H,50,55)/b12-10-/t27-,28-,30+,34+,44-/m1/s1. The van der Waals surface area contributed by atoms with Crippen molar-refractivity contribution >= 4 is 55.9 Å². The van der Waals surface area contributed by atoms with E-state index in [-0.39, 0.29) is 31.0 Å². The molecule has 5 heterocycles. The fourth-order valence-corrected chi connectivity index (χ4v) is 10.6. The van der Waals surface area contributed by atoms with Gasteiger partial charge in [0, 0.05) is 40.8 Å². The van der Waals surface area contributed by atoms with Crippen LogP contribution in [0.25, 0.3) is 21.6 Å². The van der Waals surface area contributed by atoms with E-state index < -0.39 is 68.0 Å². The molecule has 3 N–H and O–H groups in total. The van der Waals surface area contributed by atoms with E-state index in [2.05, 4.69) is 34.4 Å². The zero-order chi connectivity index (χ0) is 44.1. The van der Waals surface area contributed by atoms with E-state index in [0.717, 1.165) is 24.1 Å². The average Bonchev–Trinajstić information content (AvgIpc) is 3.86. The van der Waals surface area contributed by atoms with Gasteiger partial charge >= 0.3 is 0 Å². The Morgan fingerprint density at radius 1 is 1.08 bits per heavy atom. The number of methoxy groups -OCH3 is 1. The number of ether oxygens (including phenoxy) is 2. The summed E-state index contributed by atoms with van der Waals surface area (Å²) in [5, 5.41) is 13.0. The summed E-state index contributed by atoms with van der Waals surface area (Å²) in [7, 11) is -2.43. The Bertz CT molecular complexity index is 2560. The van der Waals surface area contributed by atoms with Crippen LogP contribution >= 0.6 is 11.3 Å². The minimum Gasteiger partial charge on any atom is -0.496 e. The van der Waals surface area contributed by atoms with Crippen LogP contribution in [-0.2, 0) is 24.4 Å². The third-order valence-electron chi connectivity index (χ3n) is 12.6. The Hall–Kier alpha value is -5.36. The van der Waals surface area contributed by atoms with Crippen molar-refractivity contribution < 1.29 is 41.6 Å². The van der Waals surface area contributed by atoms with Crippen molar-refractivity contribution in [1.29, 1.82) is 0 Å². The number of allylic oxidation sites excluding steroid dienone is 1. The molecule has 5 atom stereocenters. The second-order valence-electron chi connectivity index (χ2n) is 17.6. The molecule has 16 nitrogen and oxygen atoms in total. The van der Waals surface area contributed by atoms with Crippen LogP contribution in [-0.4, -0.2) is 94.2 Å². The Morgan fingerprint density at radius 3 is 2.56 bits per heavy atom. The minimum absolute atomic E-state index is 0.0176. The molecule has 3 aromatic heterocycles. The molecule has 0 spiro atoms. The van der Waals surface area contributed by atoms with Gasteiger partial charge in [0.2, 0.25) is 21.8 Å². The first-order valence-corrected chi connectivity index (χ1v) is 23.6. The second kappa shape index (κ2) is 16.7. The monoisotopic (exact) mass is 887 g/mol. The summed E-state index contributed by atoms with van der Waals surface area (Å²) in [5.41, 5.74) is 1.42. The number of carbonyl (C=O) groups is 4. The van der Waals surface area contributed by atoms with Crippen molar-refractivity contribution in [3.63, 3.8) is 0 Å². The molecule has 1 saturated heterocycles. The van der Waals surface area contributed by atoms with E-state index in [9.17, 15) is 27.6 Å². The Balaban J connectivity index is 1.15. The highest BCUT2D eigenvalue weighted by atomic mass is 32.2. The number of benzene rings is 1. The number of amides is 4. The summed E-state index contributed by atoms with van der Waals surface area (Å²) < 4.78 is 45.4. The fraction of sp³-hybridized carbons (Fsp3) is 0.523. The van der Waals surface area contributed by atoms with Gasteiger partial charge in [-0.25, -0.2) is 18.4 Å². The molecule has 4 aliphatic rings. The molecule has 330 valence electrons. The summed E-state index contributed by atoms with van der Waals surface area (Å²) >= 11 is 1.47. The van der Waals surface area contributed by atoms with E-state index in [1.807, 2.05) is 42.7 Å². The van der Waals surface area contributed by atoms with E-state index in [4.69, 9.17) is 24.0 Å². The number of sulfonamides is 1. The van der Waals surface area contributed by atoms with E-state index in [0.29, 0.717) is 71.0 Å². The summed E-state index contributed by atoms with van der Waals surface area (Å²) in [5.74, 6) is -1.26. The van der Waals surface area contributed by atoms with Crippen molar-refractivity contribution in [2.45, 2.75) is 127 Å². The van der Waals surface area contributed by atoms with E-state index in [1.54, 1.807) is 21.0 Å². The van der Waals surface area contributed by atoms with Gasteiger partial charge in [-0.2, -0.15) is 0 Å². The lowest BCUT2D eigenvalue weighted by molar-refractivity contribution is -0.141. The molecule has 4 aromatic rings. The largest absolute Gasteiger partial charge is 0.496 e. The summed E-state index contributed by atoms with van der Waals surface area (Å²) in [6, 6.07) is 4.81. The number of aryl methyl sites for hydroxylation is 2. The number of nitrogens with one attached hydrogen (secondary N) is 3. The van der Waals surface area contributed by atoms with Crippen molar-refractivity contribution in [3.05, 3.63) is 64.5 Å². The number of pyridine rings is 1. The summed E-state index contributed by atoms with van der Waals surface area (Å²) in [6.07, 6.45) is 7.23. The maximum absolute atomic E-state index is 14.8. The van der Waals surface area contributed by atoms with Crippen molar-refractivity contribution in [2.75, 3.05) is 13.7 Å². The highest BCUT2D eigenvalue weighted by molar-refractivity contribution is 7.91. The molecule has 8 rings (SSSR count). The zero-order valence-corrected chi connectivity index (χ0v) is 37.4. The number of nitrogens with zero attached hydrogens (tertiary/aromatic N) is 4. The minimum atomic E-state index is -4.02. The maximum Gasteiger partial charge on any atom is 0.274 e. The molecular weight excluding hydrogens is 835 g/mol. The van der Waals surface area contributed by atoms with Gasteiger partial charge in [-0.1, -0.05) is 44.0 Å². The SMILES string of the molecule is COc1ccc2c(O[C@@H]3C[C@H]4C(=O)N[C@]5(C(=O)NS(=O)(=O)C6(C)CC6)C[C@H]5/C=C\CCCCC[C@H](NC(=O)c5cc(C)on5)C(=O)N4C3)cc(-c3nc(C(C)C)cs3)nc2c1C. The Morgan fingerprint density at radius 2 is 1.87 bits per heavy atom. The van der Waals surface area contributed by atoms with Crippen molar-refractivity contribution in [3.8, 4) is 22.2 Å². The number of fused-ring (bicyclic) bond motifs is 3. The fourth-order valence-electron chi connectivity index (χ4n) is 8.31. The highest BCUT2D eigenvalue weighted by Crippen LogP contribution is 2.48. The maximum atomic E-state index is 14.8. The van der Waals surface area contributed by atoms with Gasteiger partial charge in [-0.3, -0.25) is 23.9 Å². The van der Waals surface area contributed by atoms with Crippen LogP contribution in [0.1, 0.15) is 112 Å². The molecular formula is C44H53N7O9S2. The van der Waals surface area contributed by atoms with Crippen molar-refractivity contribution in [1.82, 2.24) is 35.4 Å². The lowest BCUT2D eigenvalue weighted by atomic mass is 10.0. The lowest BCUT2D eigenvalue weighted by Crippen LogP contribution is -2.58. The first-order valence-electron chi connectivity index (χ1n) is 21.2. The number of rotatable bonds is 10. The van der Waals surface area contributed by atoms with Gasteiger partial charge in [0.05, 0.1) is 29.6 Å². The quantitative estimate of drug-likeness (QED) is 0.165. The number of hydrogen-bond donors (Lipinski definition) is 3. The second-order valence-corrected chi connectivity index (χ2v) is 20.6. The van der Waals surface area contributed by atoms with Crippen LogP contribution in [0.15, 0.2) is 46.3 Å². The molecule has 0 bridgehead atoms. The molecule has 2 aliphatic heterocycles. The van der Waals surface area contributed by atoms with E-state index >= 15 is 0 Å². The number of thiazole rings is 1. The van der Waals surface area contributed by atoms with E-state index in [1.165, 1.54) is 22.3 Å². The lowest BCUT2D eigenvalue weighted by Gasteiger charge is -2.30. The third kappa shape index (κ3) is 8.42. The molecule has 0 radical (unpaired) electrons.